The molecular weight excluding hydrogens is 256 g/mol. The van der Waals surface area contributed by atoms with Crippen LogP contribution in [0.2, 0.25) is 0 Å². The summed E-state index contributed by atoms with van der Waals surface area (Å²) in [5, 5.41) is 1.98. The van der Waals surface area contributed by atoms with E-state index >= 15 is 0 Å². The van der Waals surface area contributed by atoms with Crippen molar-refractivity contribution in [1.82, 2.24) is 0 Å². The Kier molecular flexibility index (Phi) is 5.00. The average Bonchev–Trinajstić information content (AvgIpc) is 2.83. The molecular formula is C12H13ClN2OS. The molecule has 0 unspecified atom stereocenters. The van der Waals surface area contributed by atoms with E-state index in [2.05, 4.69) is 4.99 Å². The molecule has 1 aromatic heterocycles. The summed E-state index contributed by atoms with van der Waals surface area (Å²) in [5.41, 5.74) is 6.70. The summed E-state index contributed by atoms with van der Waals surface area (Å²) in [4.78, 5) is 5.31. The SMILES string of the molecule is COc1ccc(N=C(N)c2cccs2)cc1.Cl. The van der Waals surface area contributed by atoms with Gasteiger partial charge in [-0.15, -0.1) is 23.7 Å². The Hall–Kier alpha value is -1.52. The van der Waals surface area contributed by atoms with E-state index in [1.807, 2.05) is 41.8 Å². The summed E-state index contributed by atoms with van der Waals surface area (Å²) in [6, 6.07) is 11.4. The minimum atomic E-state index is 0. The van der Waals surface area contributed by atoms with Gasteiger partial charge in [0.05, 0.1) is 17.7 Å². The van der Waals surface area contributed by atoms with Gasteiger partial charge in [-0.3, -0.25) is 0 Å². The molecule has 0 spiro atoms. The number of rotatable bonds is 3. The van der Waals surface area contributed by atoms with Crippen LogP contribution < -0.4 is 10.5 Å². The number of hydrogen-bond acceptors (Lipinski definition) is 3. The molecule has 1 aromatic carbocycles. The molecule has 0 aliphatic heterocycles. The van der Waals surface area contributed by atoms with Crippen LogP contribution in [0.4, 0.5) is 5.69 Å². The van der Waals surface area contributed by atoms with Crippen LogP contribution in [0.15, 0.2) is 46.8 Å². The van der Waals surface area contributed by atoms with Crippen molar-refractivity contribution in [1.29, 1.82) is 0 Å². The van der Waals surface area contributed by atoms with E-state index in [1.54, 1.807) is 18.4 Å². The topological polar surface area (TPSA) is 47.6 Å². The average molecular weight is 269 g/mol. The van der Waals surface area contributed by atoms with Crippen LogP contribution in [-0.2, 0) is 0 Å². The monoisotopic (exact) mass is 268 g/mol. The maximum Gasteiger partial charge on any atom is 0.141 e. The minimum Gasteiger partial charge on any atom is -0.497 e. The number of nitrogens with zero attached hydrogens (tertiary/aromatic N) is 1. The number of methoxy groups -OCH3 is 1. The number of thiophene rings is 1. The highest BCUT2D eigenvalue weighted by Crippen LogP contribution is 2.19. The van der Waals surface area contributed by atoms with Gasteiger partial charge in [0.15, 0.2) is 0 Å². The standard InChI is InChI=1S/C12H12N2OS.ClH/c1-15-10-6-4-9(5-7-10)14-12(13)11-3-2-8-16-11;/h2-8H,1H3,(H2,13,14);1H. The van der Waals surface area contributed by atoms with Gasteiger partial charge in [0, 0.05) is 0 Å². The largest absolute Gasteiger partial charge is 0.497 e. The van der Waals surface area contributed by atoms with Crippen LogP contribution >= 0.6 is 23.7 Å². The second-order valence-electron chi connectivity index (χ2n) is 3.17. The first-order valence-corrected chi connectivity index (χ1v) is 5.69. The highest BCUT2D eigenvalue weighted by molar-refractivity contribution is 7.12. The molecule has 90 valence electrons. The zero-order valence-corrected chi connectivity index (χ0v) is 10.9. The van der Waals surface area contributed by atoms with Gasteiger partial charge >= 0.3 is 0 Å². The first-order chi connectivity index (χ1) is 7.79. The number of amidine groups is 1. The van der Waals surface area contributed by atoms with Gasteiger partial charge in [-0.2, -0.15) is 0 Å². The van der Waals surface area contributed by atoms with Crippen LogP contribution in [0.5, 0.6) is 5.75 Å². The summed E-state index contributed by atoms with van der Waals surface area (Å²) < 4.78 is 5.07. The molecule has 0 aliphatic carbocycles. The van der Waals surface area contributed by atoms with Crippen LogP contribution in [0.3, 0.4) is 0 Å². The quantitative estimate of drug-likeness (QED) is 0.686. The molecule has 3 nitrogen and oxygen atoms in total. The molecule has 0 saturated carbocycles. The highest BCUT2D eigenvalue weighted by atomic mass is 35.5. The minimum absolute atomic E-state index is 0. The van der Waals surface area contributed by atoms with E-state index in [0.29, 0.717) is 5.84 Å². The maximum absolute atomic E-state index is 5.87. The fourth-order valence-corrected chi connectivity index (χ4v) is 1.90. The number of nitrogens with two attached hydrogens (primary N) is 1. The second-order valence-corrected chi connectivity index (χ2v) is 4.12. The van der Waals surface area contributed by atoms with E-state index < -0.39 is 0 Å². The summed E-state index contributed by atoms with van der Waals surface area (Å²) in [7, 11) is 1.64. The zero-order valence-electron chi connectivity index (χ0n) is 9.29. The maximum atomic E-state index is 5.87. The molecule has 2 rings (SSSR count). The van der Waals surface area contributed by atoms with Crippen molar-refractivity contribution in [3.8, 4) is 5.75 Å². The Morgan fingerprint density at radius 1 is 1.24 bits per heavy atom. The van der Waals surface area contributed by atoms with Crippen LogP contribution in [-0.4, -0.2) is 12.9 Å². The summed E-state index contributed by atoms with van der Waals surface area (Å²) >= 11 is 1.58. The Bertz CT molecular complexity index is 480. The lowest BCUT2D eigenvalue weighted by Gasteiger charge is -2.00. The summed E-state index contributed by atoms with van der Waals surface area (Å²) in [6.07, 6.45) is 0. The van der Waals surface area contributed by atoms with Crippen molar-refractivity contribution in [3.05, 3.63) is 46.7 Å². The van der Waals surface area contributed by atoms with Gasteiger partial charge in [0.2, 0.25) is 0 Å². The van der Waals surface area contributed by atoms with Crippen molar-refractivity contribution >= 4 is 35.3 Å². The third-order valence-electron chi connectivity index (χ3n) is 2.10. The number of benzene rings is 1. The molecule has 17 heavy (non-hydrogen) atoms. The molecule has 0 fully saturated rings. The van der Waals surface area contributed by atoms with Crippen LogP contribution in [0.1, 0.15) is 4.88 Å². The molecule has 0 aliphatic rings. The predicted octanol–water partition coefficient (Wildman–Crippen LogP) is 3.22. The van der Waals surface area contributed by atoms with Gasteiger partial charge in [-0.05, 0) is 35.7 Å². The van der Waals surface area contributed by atoms with Crippen molar-refractivity contribution < 1.29 is 4.74 Å². The number of aliphatic imine (C=N–C) groups is 1. The first kappa shape index (κ1) is 13.5. The lowest BCUT2D eigenvalue weighted by Crippen LogP contribution is -2.10. The molecule has 0 radical (unpaired) electrons. The molecule has 5 heteroatoms. The third kappa shape index (κ3) is 3.47. The third-order valence-corrected chi connectivity index (χ3v) is 2.99. The lowest BCUT2D eigenvalue weighted by atomic mass is 10.3. The Morgan fingerprint density at radius 3 is 2.47 bits per heavy atom. The van der Waals surface area contributed by atoms with E-state index in [-0.39, 0.29) is 12.4 Å². The molecule has 1 heterocycles. The van der Waals surface area contributed by atoms with Gasteiger partial charge < -0.3 is 10.5 Å². The van der Waals surface area contributed by atoms with Gasteiger partial charge in [-0.1, -0.05) is 6.07 Å². The van der Waals surface area contributed by atoms with E-state index in [0.717, 1.165) is 16.3 Å². The van der Waals surface area contributed by atoms with E-state index in [1.165, 1.54) is 0 Å². The molecule has 0 saturated heterocycles. The second kappa shape index (κ2) is 6.27. The smallest absolute Gasteiger partial charge is 0.141 e. The van der Waals surface area contributed by atoms with Gasteiger partial charge in [-0.25, -0.2) is 4.99 Å². The van der Waals surface area contributed by atoms with E-state index in [9.17, 15) is 0 Å². The highest BCUT2D eigenvalue weighted by Gasteiger charge is 1.99. The number of hydrogen-bond donors (Lipinski definition) is 1. The van der Waals surface area contributed by atoms with Gasteiger partial charge in [0.25, 0.3) is 0 Å². The predicted molar refractivity (Wildman–Crippen MR) is 74.9 cm³/mol. The summed E-state index contributed by atoms with van der Waals surface area (Å²) in [6.45, 7) is 0. The van der Waals surface area contributed by atoms with Crippen molar-refractivity contribution in [3.63, 3.8) is 0 Å². The first-order valence-electron chi connectivity index (χ1n) is 4.81. The van der Waals surface area contributed by atoms with Crippen molar-refractivity contribution in [2.45, 2.75) is 0 Å². The molecule has 0 bridgehead atoms. The van der Waals surface area contributed by atoms with Crippen molar-refractivity contribution in [2.75, 3.05) is 7.11 Å². The van der Waals surface area contributed by atoms with Gasteiger partial charge in [0.1, 0.15) is 11.6 Å². The zero-order chi connectivity index (χ0) is 11.4. The number of ether oxygens (including phenoxy) is 1. The fraction of sp³-hybridized carbons (Fsp3) is 0.0833. The fourth-order valence-electron chi connectivity index (χ4n) is 1.28. The van der Waals surface area contributed by atoms with Crippen LogP contribution in [0, 0.1) is 0 Å². The lowest BCUT2D eigenvalue weighted by molar-refractivity contribution is 0.415. The normalized spacial score (nSPS) is 10.8. The molecule has 0 atom stereocenters. The Balaban J connectivity index is 0.00000144. The molecule has 2 N–H and O–H groups in total. The number of halogens is 1. The Morgan fingerprint density at radius 2 is 1.94 bits per heavy atom. The Labute approximate surface area is 110 Å². The van der Waals surface area contributed by atoms with Crippen LogP contribution in [0.25, 0.3) is 0 Å². The molecule has 2 aromatic rings. The summed E-state index contributed by atoms with van der Waals surface area (Å²) in [5.74, 6) is 1.36. The molecule has 0 amide bonds. The van der Waals surface area contributed by atoms with Crippen molar-refractivity contribution in [2.24, 2.45) is 10.7 Å². The van der Waals surface area contributed by atoms with E-state index in [4.69, 9.17) is 10.5 Å².